The third-order valence-corrected chi connectivity index (χ3v) is 3.85. The van der Waals surface area contributed by atoms with Crippen LogP contribution in [0, 0.1) is 10.8 Å². The molecule has 0 aromatic heterocycles. The van der Waals surface area contributed by atoms with Crippen LogP contribution in [0.1, 0.15) is 27.7 Å². The molecule has 10 heteroatoms. The Morgan fingerprint density at radius 2 is 0.708 bits per heavy atom. The molecule has 0 aliphatic carbocycles. The van der Waals surface area contributed by atoms with Gasteiger partial charge in [0.15, 0.2) is 24.9 Å². The number of rotatable bonds is 4. The first-order valence-corrected chi connectivity index (χ1v) is 7.11. The van der Waals surface area contributed by atoms with Crippen molar-refractivity contribution in [1.82, 2.24) is 0 Å². The van der Waals surface area contributed by atoms with E-state index in [2.05, 4.69) is 0 Å². The van der Waals surface area contributed by atoms with E-state index in [1.807, 2.05) is 0 Å². The second-order valence-electron chi connectivity index (χ2n) is 6.01. The van der Waals surface area contributed by atoms with E-state index >= 15 is 0 Å². The Labute approximate surface area is 144 Å². The zero-order valence-electron chi connectivity index (χ0n) is 15.9. The van der Waals surface area contributed by atoms with Crippen molar-refractivity contribution in [1.29, 1.82) is 10.8 Å². The van der Waals surface area contributed by atoms with Crippen molar-refractivity contribution in [3.8, 4) is 0 Å². The standard InChI is InChI=1S/2C6H16NO2.2CHN2/c2*1-5(8)7(3,4)6(2)9;2*2-1-3/h2*5-6,8-9H,1-4H3;2*2H/q2*+1;2*-1. The van der Waals surface area contributed by atoms with E-state index < -0.39 is 24.9 Å². The lowest BCUT2D eigenvalue weighted by molar-refractivity contribution is -0.974. The lowest BCUT2D eigenvalue weighted by Crippen LogP contribution is -2.53. The summed E-state index contributed by atoms with van der Waals surface area (Å²) in [7, 11) is 7.09. The van der Waals surface area contributed by atoms with Crippen LogP contribution in [0.5, 0.6) is 0 Å². The van der Waals surface area contributed by atoms with Crippen LogP contribution in [0.15, 0.2) is 0 Å². The maximum Gasteiger partial charge on any atom is 0.189 e. The van der Waals surface area contributed by atoms with Gasteiger partial charge in [-0.3, -0.25) is 8.97 Å². The van der Waals surface area contributed by atoms with E-state index in [0.29, 0.717) is 0 Å². The van der Waals surface area contributed by atoms with E-state index in [4.69, 9.17) is 42.1 Å². The van der Waals surface area contributed by atoms with Gasteiger partial charge in [-0.1, -0.05) is 0 Å². The van der Waals surface area contributed by atoms with E-state index in [1.54, 1.807) is 55.9 Å². The Hall–Kier alpha value is -1.48. The predicted molar refractivity (Wildman–Crippen MR) is 93.1 cm³/mol. The van der Waals surface area contributed by atoms with Gasteiger partial charge >= 0.3 is 0 Å². The van der Waals surface area contributed by atoms with Crippen molar-refractivity contribution < 1.29 is 29.4 Å². The maximum atomic E-state index is 9.06. The normalized spacial score (nSPS) is 15.2. The second kappa shape index (κ2) is 15.1. The van der Waals surface area contributed by atoms with Gasteiger partial charge in [-0.2, -0.15) is 12.0 Å². The minimum absolute atomic E-state index is 0.222. The van der Waals surface area contributed by atoms with Crippen molar-refractivity contribution in [3.05, 3.63) is 10.8 Å². The largest absolute Gasteiger partial charge is 0.447 e. The summed E-state index contributed by atoms with van der Waals surface area (Å²) >= 11 is 0. The van der Waals surface area contributed by atoms with Crippen LogP contribution >= 0.6 is 0 Å². The molecule has 0 aromatic carbocycles. The van der Waals surface area contributed by atoms with Crippen LogP contribution in [0.25, 0.3) is 10.8 Å². The number of hydrogen-bond donors (Lipinski definition) is 6. The lowest BCUT2D eigenvalue weighted by atomic mass is 10.4. The lowest BCUT2D eigenvalue weighted by Gasteiger charge is -2.35. The third kappa shape index (κ3) is 15.4. The van der Waals surface area contributed by atoms with Crippen molar-refractivity contribution in [2.24, 2.45) is 0 Å². The molecule has 24 heavy (non-hydrogen) atoms. The fourth-order valence-corrected chi connectivity index (χ4v) is 0.624. The topological polar surface area (TPSA) is 173 Å². The molecule has 0 saturated heterocycles. The molecule has 0 rings (SSSR count). The SMILES string of the molecule is CC(O)[N+](C)(C)C(C)O.CC(O)[N+](C)(C)C(C)O.[N-]=C=N.[N-]=C=N. The van der Waals surface area contributed by atoms with Gasteiger partial charge in [0, 0.05) is 27.7 Å². The van der Waals surface area contributed by atoms with Crippen LogP contribution in [0.4, 0.5) is 0 Å². The first-order chi connectivity index (χ1) is 10.6. The zero-order valence-corrected chi connectivity index (χ0v) is 15.9. The smallest absolute Gasteiger partial charge is 0.189 e. The van der Waals surface area contributed by atoms with E-state index in [1.165, 1.54) is 0 Å². The minimum Gasteiger partial charge on any atom is -0.447 e. The number of nitrogens with one attached hydrogen (secondary N) is 2. The van der Waals surface area contributed by atoms with Gasteiger partial charge in [-0.05, 0) is 0 Å². The molecule has 6 N–H and O–H groups in total. The van der Waals surface area contributed by atoms with Crippen molar-refractivity contribution >= 4 is 12.0 Å². The average molecular weight is 350 g/mol. The zero-order chi connectivity index (χ0) is 20.7. The Morgan fingerprint density at radius 1 is 0.625 bits per heavy atom. The number of aliphatic hydroxyl groups is 4. The molecule has 0 fully saturated rings. The number of quaternary nitrogens is 2. The van der Waals surface area contributed by atoms with Gasteiger partial charge in [0.1, 0.15) is 0 Å². The predicted octanol–water partition coefficient (Wildman–Crippen LogP) is 0.0957. The monoisotopic (exact) mass is 350 g/mol. The molecule has 0 amide bonds. The molecular formula is C14H34N6O4. The van der Waals surface area contributed by atoms with Crippen molar-refractivity contribution in [2.75, 3.05) is 28.2 Å². The van der Waals surface area contributed by atoms with Crippen molar-refractivity contribution in [3.63, 3.8) is 0 Å². The number of hydrogen-bond acceptors (Lipinski definition) is 6. The fourth-order valence-electron chi connectivity index (χ4n) is 0.624. The van der Waals surface area contributed by atoms with Crippen LogP contribution in [-0.2, 0) is 0 Å². The van der Waals surface area contributed by atoms with Gasteiger partial charge in [-0.25, -0.2) is 0 Å². The molecular weight excluding hydrogens is 316 g/mol. The van der Waals surface area contributed by atoms with Gasteiger partial charge in [0.2, 0.25) is 0 Å². The van der Waals surface area contributed by atoms with E-state index in [-0.39, 0.29) is 8.97 Å². The molecule has 0 radical (unpaired) electrons. The van der Waals surface area contributed by atoms with Crippen LogP contribution in [0.3, 0.4) is 0 Å². The highest BCUT2D eigenvalue weighted by molar-refractivity contribution is 5.39. The fraction of sp³-hybridized carbons (Fsp3) is 0.857. The van der Waals surface area contributed by atoms with E-state index in [0.717, 1.165) is 12.0 Å². The summed E-state index contributed by atoms with van der Waals surface area (Å²) in [6.07, 6.45) is -2.09. The highest BCUT2D eigenvalue weighted by atomic mass is 16.3. The summed E-state index contributed by atoms with van der Waals surface area (Å²) in [6, 6.07) is 2.00. The van der Waals surface area contributed by atoms with Gasteiger partial charge in [0.05, 0.1) is 28.2 Å². The molecule has 0 saturated carbocycles. The highest BCUT2D eigenvalue weighted by Gasteiger charge is 2.27. The average Bonchev–Trinajstić information content (AvgIpc) is 2.40. The maximum absolute atomic E-state index is 9.06. The van der Waals surface area contributed by atoms with E-state index in [9.17, 15) is 0 Å². The van der Waals surface area contributed by atoms with Crippen molar-refractivity contribution in [2.45, 2.75) is 52.6 Å². The summed E-state index contributed by atoms with van der Waals surface area (Å²) in [6.45, 7) is 6.64. The molecule has 0 aliphatic rings. The summed E-state index contributed by atoms with van der Waals surface area (Å²) in [5.41, 5.74) is 0. The molecule has 4 unspecified atom stereocenters. The van der Waals surface area contributed by atoms with Crippen LogP contribution in [-0.4, -0.2) is 94.5 Å². The Morgan fingerprint density at radius 3 is 0.708 bits per heavy atom. The molecule has 4 atom stereocenters. The number of aliphatic hydroxyl groups excluding tert-OH is 4. The molecule has 0 heterocycles. The van der Waals surface area contributed by atoms with Gasteiger partial charge in [0.25, 0.3) is 0 Å². The molecule has 0 bridgehead atoms. The second-order valence-corrected chi connectivity index (χ2v) is 6.01. The number of nitrogens with zero attached hydrogens (tertiary/aromatic N) is 4. The summed E-state index contributed by atoms with van der Waals surface area (Å²) < 4.78 is 0.444. The third-order valence-electron chi connectivity index (χ3n) is 3.85. The molecule has 0 aromatic rings. The summed E-state index contributed by atoms with van der Waals surface area (Å²) in [4.78, 5) is 0. The Bertz CT molecular complexity index is 313. The summed E-state index contributed by atoms with van der Waals surface area (Å²) in [5.74, 6) is 0. The molecule has 144 valence electrons. The molecule has 10 nitrogen and oxygen atoms in total. The molecule has 0 aliphatic heterocycles. The molecule has 0 spiro atoms. The highest BCUT2D eigenvalue weighted by Crippen LogP contribution is 2.07. The minimum atomic E-state index is -0.523. The first-order valence-electron chi connectivity index (χ1n) is 7.11. The first kappa shape index (κ1) is 30.4. The van der Waals surface area contributed by atoms with Crippen LogP contribution in [0.2, 0.25) is 0 Å². The Kier molecular flexibility index (Phi) is 19.1. The summed E-state index contributed by atoms with van der Waals surface area (Å²) in [5, 5.41) is 61.3. The van der Waals surface area contributed by atoms with Crippen LogP contribution < -0.4 is 0 Å². The Balaban J connectivity index is -0.000000126. The van der Waals surface area contributed by atoms with Gasteiger partial charge < -0.3 is 42.1 Å². The van der Waals surface area contributed by atoms with Gasteiger partial charge in [-0.15, -0.1) is 0 Å². The quantitative estimate of drug-likeness (QED) is 0.240.